The summed E-state index contributed by atoms with van der Waals surface area (Å²) in [6, 6.07) is 12.6. The normalized spacial score (nSPS) is 18.6. The van der Waals surface area contributed by atoms with E-state index in [9.17, 15) is 19.5 Å². The van der Waals surface area contributed by atoms with Crippen LogP contribution in [0.1, 0.15) is 51.2 Å². The maximum Gasteiger partial charge on any atom is 0.410 e. The number of aromatic hydroxyl groups is 1. The Morgan fingerprint density at radius 2 is 1.86 bits per heavy atom. The van der Waals surface area contributed by atoms with Crippen molar-refractivity contribution in [1.82, 2.24) is 15.5 Å². The Labute approximate surface area is 210 Å². The number of halogens is 1. The summed E-state index contributed by atoms with van der Waals surface area (Å²) in [7, 11) is 0. The maximum atomic E-state index is 13.2. The van der Waals surface area contributed by atoms with Crippen LogP contribution in [-0.4, -0.2) is 52.1 Å². The molecule has 3 atom stereocenters. The quantitative estimate of drug-likeness (QED) is 0.555. The van der Waals surface area contributed by atoms with Gasteiger partial charge in [-0.05, 0) is 57.9 Å². The zero-order valence-corrected chi connectivity index (χ0v) is 21.1. The van der Waals surface area contributed by atoms with Crippen molar-refractivity contribution in [3.63, 3.8) is 0 Å². The third-order valence-corrected chi connectivity index (χ3v) is 5.98. The van der Waals surface area contributed by atoms with E-state index in [1.807, 2.05) is 30.3 Å². The SMILES string of the molecule is C[C@H](NC(=O)[C@H]1C[C@H](c2ccccc2)CN1C(=O)OC(C)(C)C)C(=O)NCc1cc(Cl)ccc1O. The molecule has 3 N–H and O–H groups in total. The van der Waals surface area contributed by atoms with Gasteiger partial charge in [-0.15, -0.1) is 0 Å². The molecule has 2 aromatic rings. The van der Waals surface area contributed by atoms with Gasteiger partial charge < -0.3 is 20.5 Å². The summed E-state index contributed by atoms with van der Waals surface area (Å²) >= 11 is 5.95. The topological polar surface area (TPSA) is 108 Å². The Bertz CT molecular complexity index is 1070. The molecule has 0 radical (unpaired) electrons. The highest BCUT2D eigenvalue weighted by molar-refractivity contribution is 6.30. The summed E-state index contributed by atoms with van der Waals surface area (Å²) in [4.78, 5) is 40.1. The summed E-state index contributed by atoms with van der Waals surface area (Å²) in [6.45, 7) is 7.27. The first kappa shape index (κ1) is 26.3. The third-order valence-electron chi connectivity index (χ3n) is 5.75. The van der Waals surface area contributed by atoms with Gasteiger partial charge in [0.1, 0.15) is 23.4 Å². The lowest BCUT2D eigenvalue weighted by molar-refractivity contribution is -0.131. The number of carbonyl (C=O) groups is 3. The molecule has 0 aliphatic carbocycles. The first-order valence-corrected chi connectivity index (χ1v) is 11.9. The van der Waals surface area contributed by atoms with Crippen molar-refractivity contribution in [3.05, 3.63) is 64.7 Å². The number of rotatable bonds is 6. The average molecular weight is 502 g/mol. The highest BCUT2D eigenvalue weighted by atomic mass is 35.5. The molecule has 0 bridgehead atoms. The fraction of sp³-hybridized carbons (Fsp3) is 0.423. The number of amides is 3. The molecule has 2 aromatic carbocycles. The minimum absolute atomic E-state index is 0.0114. The van der Waals surface area contributed by atoms with Crippen LogP contribution in [0.5, 0.6) is 5.75 Å². The number of hydrogen-bond donors (Lipinski definition) is 3. The molecule has 0 saturated carbocycles. The smallest absolute Gasteiger partial charge is 0.410 e. The summed E-state index contributed by atoms with van der Waals surface area (Å²) in [5.74, 6) is -0.881. The van der Waals surface area contributed by atoms with E-state index in [4.69, 9.17) is 16.3 Å². The van der Waals surface area contributed by atoms with Gasteiger partial charge >= 0.3 is 6.09 Å². The molecular formula is C26H32ClN3O5. The Morgan fingerprint density at radius 1 is 1.17 bits per heavy atom. The second kappa shape index (κ2) is 11.0. The van der Waals surface area contributed by atoms with E-state index in [1.165, 1.54) is 11.0 Å². The molecule has 35 heavy (non-hydrogen) atoms. The van der Waals surface area contributed by atoms with Gasteiger partial charge in [0.05, 0.1) is 0 Å². The van der Waals surface area contributed by atoms with Gasteiger partial charge in [0, 0.05) is 29.6 Å². The van der Waals surface area contributed by atoms with Crippen molar-refractivity contribution >= 4 is 29.5 Å². The number of phenols is 1. The van der Waals surface area contributed by atoms with E-state index in [0.717, 1.165) is 5.56 Å². The number of nitrogens with zero attached hydrogens (tertiary/aromatic N) is 1. The molecule has 1 saturated heterocycles. The Balaban J connectivity index is 1.67. The van der Waals surface area contributed by atoms with E-state index in [0.29, 0.717) is 23.6 Å². The molecule has 1 heterocycles. The Morgan fingerprint density at radius 3 is 2.51 bits per heavy atom. The third kappa shape index (κ3) is 7.11. The van der Waals surface area contributed by atoms with Crippen LogP contribution in [0.2, 0.25) is 5.02 Å². The van der Waals surface area contributed by atoms with Crippen LogP contribution in [0.4, 0.5) is 4.79 Å². The first-order chi connectivity index (χ1) is 16.4. The molecule has 3 amide bonds. The second-order valence-corrected chi connectivity index (χ2v) is 10.1. The second-order valence-electron chi connectivity index (χ2n) is 9.71. The predicted octanol–water partition coefficient (Wildman–Crippen LogP) is 3.96. The summed E-state index contributed by atoms with van der Waals surface area (Å²) < 4.78 is 5.54. The monoisotopic (exact) mass is 501 g/mol. The highest BCUT2D eigenvalue weighted by Crippen LogP contribution is 2.33. The molecule has 1 aliphatic rings. The number of benzene rings is 2. The standard InChI is InChI=1S/C26H32ClN3O5/c1-16(23(32)28-14-18-12-20(27)10-11-22(18)31)29-24(33)21-13-19(17-8-6-5-7-9-17)15-30(21)25(34)35-26(2,3)4/h5-12,16,19,21,31H,13-15H2,1-4H3,(H,28,32)(H,29,33)/t16-,19-,21+/m0/s1. The lowest BCUT2D eigenvalue weighted by atomic mass is 9.96. The molecule has 9 heteroatoms. The zero-order valence-electron chi connectivity index (χ0n) is 20.4. The molecule has 0 unspecified atom stereocenters. The van der Waals surface area contributed by atoms with Crippen molar-refractivity contribution in [2.75, 3.05) is 6.54 Å². The molecule has 1 aliphatic heterocycles. The fourth-order valence-corrected chi connectivity index (χ4v) is 4.17. The van der Waals surface area contributed by atoms with Gasteiger partial charge in [-0.3, -0.25) is 14.5 Å². The largest absolute Gasteiger partial charge is 0.508 e. The van der Waals surface area contributed by atoms with Crippen molar-refractivity contribution in [1.29, 1.82) is 0 Å². The van der Waals surface area contributed by atoms with E-state index in [2.05, 4.69) is 10.6 Å². The Hall–Kier alpha value is -3.26. The summed E-state index contributed by atoms with van der Waals surface area (Å²) in [5, 5.41) is 15.8. The van der Waals surface area contributed by atoms with Crippen molar-refractivity contribution in [2.45, 2.75) is 64.3 Å². The molecule has 0 aromatic heterocycles. The van der Waals surface area contributed by atoms with Crippen molar-refractivity contribution in [2.24, 2.45) is 0 Å². The summed E-state index contributed by atoms with van der Waals surface area (Å²) in [6.07, 6.45) is -0.149. The number of likely N-dealkylation sites (tertiary alicyclic amines) is 1. The van der Waals surface area contributed by atoms with E-state index < -0.39 is 35.6 Å². The lowest BCUT2D eigenvalue weighted by Crippen LogP contribution is -2.52. The molecule has 1 fully saturated rings. The van der Waals surface area contributed by atoms with Gasteiger partial charge in [0.15, 0.2) is 0 Å². The van der Waals surface area contributed by atoms with E-state index >= 15 is 0 Å². The fourth-order valence-electron chi connectivity index (χ4n) is 3.98. The number of nitrogens with one attached hydrogen (secondary N) is 2. The van der Waals surface area contributed by atoms with Gasteiger partial charge in [-0.25, -0.2) is 4.79 Å². The lowest BCUT2D eigenvalue weighted by Gasteiger charge is -2.28. The molecule has 8 nitrogen and oxygen atoms in total. The van der Waals surface area contributed by atoms with Gasteiger partial charge in [0.2, 0.25) is 11.8 Å². The van der Waals surface area contributed by atoms with Crippen LogP contribution in [0.25, 0.3) is 0 Å². The minimum Gasteiger partial charge on any atom is -0.508 e. The van der Waals surface area contributed by atoms with Gasteiger partial charge in [0.25, 0.3) is 0 Å². The predicted molar refractivity (Wildman–Crippen MR) is 133 cm³/mol. The number of carbonyl (C=O) groups excluding carboxylic acids is 3. The van der Waals surface area contributed by atoms with E-state index in [1.54, 1.807) is 39.8 Å². The van der Waals surface area contributed by atoms with Crippen LogP contribution < -0.4 is 10.6 Å². The van der Waals surface area contributed by atoms with E-state index in [-0.39, 0.29) is 18.2 Å². The first-order valence-electron chi connectivity index (χ1n) is 11.5. The van der Waals surface area contributed by atoms with Crippen LogP contribution in [0.15, 0.2) is 48.5 Å². The zero-order chi connectivity index (χ0) is 25.8. The highest BCUT2D eigenvalue weighted by Gasteiger charge is 2.42. The van der Waals surface area contributed by atoms with Crippen LogP contribution in [-0.2, 0) is 20.9 Å². The summed E-state index contributed by atoms with van der Waals surface area (Å²) in [5.41, 5.74) is 0.785. The Kier molecular flexibility index (Phi) is 8.27. The molecule has 0 spiro atoms. The number of hydrogen-bond acceptors (Lipinski definition) is 5. The van der Waals surface area contributed by atoms with Crippen molar-refractivity contribution in [3.8, 4) is 5.75 Å². The van der Waals surface area contributed by atoms with Crippen LogP contribution in [0.3, 0.4) is 0 Å². The van der Waals surface area contributed by atoms with Gasteiger partial charge in [-0.2, -0.15) is 0 Å². The van der Waals surface area contributed by atoms with Crippen LogP contribution in [0, 0.1) is 0 Å². The van der Waals surface area contributed by atoms with Gasteiger partial charge in [-0.1, -0.05) is 41.9 Å². The molecule has 188 valence electrons. The molecular weight excluding hydrogens is 470 g/mol. The average Bonchev–Trinajstić information content (AvgIpc) is 3.25. The molecule has 3 rings (SSSR count). The maximum absolute atomic E-state index is 13.2. The number of ether oxygens (including phenoxy) is 1. The van der Waals surface area contributed by atoms with Crippen molar-refractivity contribution < 1.29 is 24.2 Å². The van der Waals surface area contributed by atoms with Crippen LogP contribution >= 0.6 is 11.6 Å². The number of phenolic OH excluding ortho intramolecular Hbond substituents is 1. The minimum atomic E-state index is -0.861.